The number of aromatic nitrogens is 2. The zero-order valence-electron chi connectivity index (χ0n) is 11.7. The third kappa shape index (κ3) is 2.34. The lowest BCUT2D eigenvalue weighted by Crippen LogP contribution is -2.33. The monoisotopic (exact) mass is 293 g/mol. The van der Waals surface area contributed by atoms with E-state index in [0.717, 1.165) is 30.2 Å². The lowest BCUT2D eigenvalue weighted by molar-refractivity contribution is 0.828. The molecule has 19 heavy (non-hydrogen) atoms. The van der Waals surface area contributed by atoms with Crippen LogP contribution in [0, 0.1) is 13.8 Å². The van der Waals surface area contributed by atoms with Crippen molar-refractivity contribution in [3.63, 3.8) is 0 Å². The molecule has 3 nitrogen and oxygen atoms in total. The summed E-state index contributed by atoms with van der Waals surface area (Å²) >= 11 is 3.84. The van der Waals surface area contributed by atoms with Crippen molar-refractivity contribution in [2.45, 2.75) is 27.2 Å². The molecular weight excluding hydrogens is 274 g/mol. The van der Waals surface area contributed by atoms with Crippen LogP contribution in [0.5, 0.6) is 0 Å². The Kier molecular flexibility index (Phi) is 3.67. The van der Waals surface area contributed by atoms with E-state index in [0.29, 0.717) is 0 Å². The molecule has 0 amide bonds. The minimum atomic E-state index is 0.904. The van der Waals surface area contributed by atoms with Crippen LogP contribution in [-0.2, 0) is 6.42 Å². The first kappa shape index (κ1) is 13.2. The number of rotatable bonds is 2. The number of thioether (sulfide) groups is 1. The zero-order chi connectivity index (χ0) is 13.4. The van der Waals surface area contributed by atoms with Crippen LogP contribution in [0.3, 0.4) is 0 Å². The maximum absolute atomic E-state index is 4.83. The van der Waals surface area contributed by atoms with Gasteiger partial charge in [0.1, 0.15) is 16.5 Å². The first-order valence-corrected chi connectivity index (χ1v) is 8.77. The maximum atomic E-state index is 4.83. The highest BCUT2D eigenvalue weighted by Crippen LogP contribution is 2.35. The Morgan fingerprint density at radius 1 is 1.16 bits per heavy atom. The molecule has 1 saturated heterocycles. The second kappa shape index (κ2) is 5.29. The van der Waals surface area contributed by atoms with Gasteiger partial charge < -0.3 is 4.90 Å². The standard InChI is InChI=1S/C14H19N3S2/c1-4-11-15-13(17-5-7-18-8-6-17)12-9(2)10(3)19-14(12)16-11/h4-8H2,1-3H3. The van der Waals surface area contributed by atoms with E-state index in [1.54, 1.807) is 11.3 Å². The van der Waals surface area contributed by atoms with Gasteiger partial charge in [0.25, 0.3) is 0 Å². The summed E-state index contributed by atoms with van der Waals surface area (Å²) in [5.74, 6) is 4.55. The second-order valence-corrected chi connectivity index (χ2v) is 7.31. The topological polar surface area (TPSA) is 29.0 Å². The van der Waals surface area contributed by atoms with Gasteiger partial charge in [0.2, 0.25) is 0 Å². The molecule has 2 aromatic heterocycles. The van der Waals surface area contributed by atoms with Crippen molar-refractivity contribution < 1.29 is 0 Å². The Labute approximate surface area is 122 Å². The van der Waals surface area contributed by atoms with Gasteiger partial charge in [0.15, 0.2) is 0 Å². The van der Waals surface area contributed by atoms with Crippen LogP contribution in [0.25, 0.3) is 10.2 Å². The molecule has 1 aliphatic rings. The van der Waals surface area contributed by atoms with Crippen LogP contribution < -0.4 is 4.90 Å². The Balaban J connectivity index is 2.19. The summed E-state index contributed by atoms with van der Waals surface area (Å²) in [7, 11) is 0. The van der Waals surface area contributed by atoms with Crippen molar-refractivity contribution in [2.75, 3.05) is 29.5 Å². The number of aryl methyl sites for hydroxylation is 3. The molecule has 0 N–H and O–H groups in total. The number of fused-ring (bicyclic) bond motifs is 1. The van der Waals surface area contributed by atoms with E-state index >= 15 is 0 Å². The molecule has 0 spiro atoms. The van der Waals surface area contributed by atoms with Gasteiger partial charge in [-0.25, -0.2) is 9.97 Å². The van der Waals surface area contributed by atoms with Crippen LogP contribution in [0.4, 0.5) is 5.82 Å². The van der Waals surface area contributed by atoms with E-state index < -0.39 is 0 Å². The Bertz CT molecular complexity index is 600. The average Bonchev–Trinajstić information content (AvgIpc) is 2.74. The van der Waals surface area contributed by atoms with Crippen LogP contribution in [0.1, 0.15) is 23.2 Å². The molecule has 1 fully saturated rings. The van der Waals surface area contributed by atoms with Crippen LogP contribution >= 0.6 is 23.1 Å². The molecule has 0 saturated carbocycles. The summed E-state index contributed by atoms with van der Waals surface area (Å²) < 4.78 is 0. The highest BCUT2D eigenvalue weighted by atomic mass is 32.2. The summed E-state index contributed by atoms with van der Waals surface area (Å²) in [6.07, 6.45) is 0.904. The van der Waals surface area contributed by atoms with Crippen molar-refractivity contribution in [3.05, 3.63) is 16.3 Å². The number of hydrogen-bond acceptors (Lipinski definition) is 5. The molecule has 1 aliphatic heterocycles. The maximum Gasteiger partial charge on any atom is 0.141 e. The fourth-order valence-corrected chi connectivity index (χ4v) is 4.38. The SMILES string of the molecule is CCc1nc(N2CCSCC2)c2c(C)c(C)sc2n1. The van der Waals surface area contributed by atoms with Crippen LogP contribution in [0.15, 0.2) is 0 Å². The molecule has 0 bridgehead atoms. The predicted molar refractivity (Wildman–Crippen MR) is 85.8 cm³/mol. The third-order valence-electron chi connectivity index (χ3n) is 3.68. The highest BCUT2D eigenvalue weighted by molar-refractivity contribution is 7.99. The molecule has 0 aliphatic carbocycles. The zero-order valence-corrected chi connectivity index (χ0v) is 13.3. The lowest BCUT2D eigenvalue weighted by Gasteiger charge is -2.28. The molecule has 0 atom stereocenters. The summed E-state index contributed by atoms with van der Waals surface area (Å²) in [6, 6.07) is 0. The molecule has 5 heteroatoms. The Hall–Kier alpha value is -0.810. The normalized spacial score (nSPS) is 16.3. The third-order valence-corrected chi connectivity index (χ3v) is 5.73. The molecule has 3 heterocycles. The minimum Gasteiger partial charge on any atom is -0.354 e. The first-order chi connectivity index (χ1) is 9.20. The first-order valence-electron chi connectivity index (χ1n) is 6.80. The van der Waals surface area contributed by atoms with Gasteiger partial charge >= 0.3 is 0 Å². The van der Waals surface area contributed by atoms with E-state index in [4.69, 9.17) is 9.97 Å². The molecule has 102 valence electrons. The highest BCUT2D eigenvalue weighted by Gasteiger charge is 2.20. The largest absolute Gasteiger partial charge is 0.354 e. The van der Waals surface area contributed by atoms with Gasteiger partial charge in [-0.3, -0.25) is 0 Å². The fraction of sp³-hybridized carbons (Fsp3) is 0.571. The molecule has 0 unspecified atom stereocenters. The summed E-state index contributed by atoms with van der Waals surface area (Å²) in [5.41, 5.74) is 1.36. The van der Waals surface area contributed by atoms with Gasteiger partial charge in [-0.1, -0.05) is 6.92 Å². The fourth-order valence-electron chi connectivity index (χ4n) is 2.43. The smallest absolute Gasteiger partial charge is 0.141 e. The van der Waals surface area contributed by atoms with Crippen LogP contribution in [0.2, 0.25) is 0 Å². The van der Waals surface area contributed by atoms with Crippen molar-refractivity contribution >= 4 is 39.1 Å². The Morgan fingerprint density at radius 3 is 2.58 bits per heavy atom. The Morgan fingerprint density at radius 2 is 1.89 bits per heavy atom. The van der Waals surface area contributed by atoms with E-state index in [1.165, 1.54) is 33.2 Å². The summed E-state index contributed by atoms with van der Waals surface area (Å²) in [6.45, 7) is 8.72. The lowest BCUT2D eigenvalue weighted by atomic mass is 10.2. The van der Waals surface area contributed by atoms with Gasteiger partial charge in [0.05, 0.1) is 5.39 Å². The molecule has 2 aromatic rings. The number of thiophene rings is 1. The van der Waals surface area contributed by atoms with E-state index in [-0.39, 0.29) is 0 Å². The predicted octanol–water partition coefficient (Wildman–Crippen LogP) is 3.42. The summed E-state index contributed by atoms with van der Waals surface area (Å²) in [5, 5.41) is 1.28. The van der Waals surface area contributed by atoms with E-state index in [2.05, 4.69) is 25.7 Å². The van der Waals surface area contributed by atoms with Gasteiger partial charge in [-0.2, -0.15) is 11.8 Å². The second-order valence-electron chi connectivity index (χ2n) is 4.88. The molecule has 0 aromatic carbocycles. The van der Waals surface area contributed by atoms with E-state index in [9.17, 15) is 0 Å². The number of nitrogens with zero attached hydrogens (tertiary/aromatic N) is 3. The van der Waals surface area contributed by atoms with E-state index in [1.807, 2.05) is 11.8 Å². The summed E-state index contributed by atoms with van der Waals surface area (Å²) in [4.78, 5) is 14.5. The number of anilines is 1. The molecular formula is C14H19N3S2. The van der Waals surface area contributed by atoms with Crippen molar-refractivity contribution in [2.24, 2.45) is 0 Å². The number of hydrogen-bond donors (Lipinski definition) is 0. The van der Waals surface area contributed by atoms with Crippen LogP contribution in [-0.4, -0.2) is 34.6 Å². The molecule has 3 rings (SSSR count). The van der Waals surface area contributed by atoms with Gasteiger partial charge in [-0.05, 0) is 19.4 Å². The van der Waals surface area contributed by atoms with Gasteiger partial charge in [0, 0.05) is 35.9 Å². The average molecular weight is 293 g/mol. The quantitative estimate of drug-likeness (QED) is 0.848. The van der Waals surface area contributed by atoms with Crippen molar-refractivity contribution in [1.29, 1.82) is 0 Å². The van der Waals surface area contributed by atoms with Crippen molar-refractivity contribution in [1.82, 2.24) is 9.97 Å². The molecule has 0 radical (unpaired) electrons. The minimum absolute atomic E-state index is 0.904. The van der Waals surface area contributed by atoms with Gasteiger partial charge in [-0.15, -0.1) is 11.3 Å². The van der Waals surface area contributed by atoms with Crippen molar-refractivity contribution in [3.8, 4) is 0 Å².